The molecule has 0 atom stereocenters. The van der Waals surface area contributed by atoms with Gasteiger partial charge < -0.3 is 11.8 Å². The Morgan fingerprint density at radius 3 is 2.19 bits per heavy atom. The van der Waals surface area contributed by atoms with Gasteiger partial charge in [-0.2, -0.15) is 13.8 Å². The fraction of sp³-hybridized carbons (Fsp3) is 0.429. The van der Waals surface area contributed by atoms with Crippen molar-refractivity contribution in [3.05, 3.63) is 42.8 Å². The Hall–Kier alpha value is -0.292. The molecular weight excluding hydrogens is 366 g/mol. The molecule has 0 aliphatic rings. The van der Waals surface area contributed by atoms with Crippen LogP contribution in [0.25, 0.3) is 0 Å². The SMILES string of the molecule is CC.[CH2-]CN(c1cccc(C)c1)[C-](C)C.[W+2]. The van der Waals surface area contributed by atoms with Gasteiger partial charge in [0.05, 0.1) is 0 Å². The van der Waals surface area contributed by atoms with Crippen LogP contribution in [0.1, 0.15) is 33.3 Å². The second-order valence-electron chi connectivity index (χ2n) is 3.44. The van der Waals surface area contributed by atoms with E-state index in [1.54, 1.807) is 0 Å². The summed E-state index contributed by atoms with van der Waals surface area (Å²) in [6, 6.07) is 9.76. The van der Waals surface area contributed by atoms with Crippen molar-refractivity contribution in [3.8, 4) is 0 Å². The van der Waals surface area contributed by atoms with Gasteiger partial charge in [0.1, 0.15) is 0 Å². The predicted octanol–water partition coefficient (Wildman–Crippen LogP) is 4.23. The first kappa shape index (κ1) is 18.1. The minimum absolute atomic E-state index is 0. The summed E-state index contributed by atoms with van der Waals surface area (Å²) in [5.74, 6) is 0. The van der Waals surface area contributed by atoms with E-state index in [2.05, 4.69) is 56.9 Å². The summed E-state index contributed by atoms with van der Waals surface area (Å²) in [5, 5.41) is 0. The number of nitrogens with zero attached hydrogens (tertiary/aromatic N) is 1. The molecule has 1 nitrogen and oxygen atoms in total. The van der Waals surface area contributed by atoms with Crippen LogP contribution in [0.5, 0.6) is 0 Å². The van der Waals surface area contributed by atoms with E-state index in [9.17, 15) is 0 Å². The maximum Gasteiger partial charge on any atom is 2.00 e. The van der Waals surface area contributed by atoms with Crippen LogP contribution in [0.3, 0.4) is 0 Å². The molecule has 2 heteroatoms. The standard InChI is InChI=1S/C12H17N.C2H6.W/c1-5-13(10(2)3)12-8-6-7-11(4)9-12;1-2;/h6-9H,1,5H2,2-4H3;1-2H3;/q-2;;+2. The third-order valence-electron chi connectivity index (χ3n) is 2.08. The van der Waals surface area contributed by atoms with Gasteiger partial charge in [0.15, 0.2) is 0 Å². The molecule has 1 aromatic rings. The molecule has 0 saturated heterocycles. The molecule has 0 aliphatic heterocycles. The first-order chi connectivity index (χ1) is 7.15. The number of benzene rings is 1. The molecule has 0 radical (unpaired) electrons. The zero-order chi connectivity index (χ0) is 11.8. The summed E-state index contributed by atoms with van der Waals surface area (Å²) < 4.78 is 0. The second kappa shape index (κ2) is 9.90. The van der Waals surface area contributed by atoms with Gasteiger partial charge in [-0.15, -0.1) is 6.54 Å². The average molecular weight is 389 g/mol. The van der Waals surface area contributed by atoms with Crippen molar-refractivity contribution in [1.82, 2.24) is 0 Å². The van der Waals surface area contributed by atoms with Crippen molar-refractivity contribution in [1.29, 1.82) is 0 Å². The number of anilines is 1. The van der Waals surface area contributed by atoms with Gasteiger partial charge in [0, 0.05) is 5.69 Å². The quantitative estimate of drug-likeness (QED) is 0.700. The Morgan fingerprint density at radius 2 is 1.81 bits per heavy atom. The summed E-state index contributed by atoms with van der Waals surface area (Å²) in [6.45, 7) is 15.0. The Morgan fingerprint density at radius 1 is 1.25 bits per heavy atom. The third-order valence-corrected chi connectivity index (χ3v) is 2.08. The van der Waals surface area contributed by atoms with Gasteiger partial charge in [-0.25, -0.2) is 6.04 Å². The Labute approximate surface area is 116 Å². The molecule has 0 unspecified atom stereocenters. The van der Waals surface area contributed by atoms with E-state index in [-0.39, 0.29) is 21.1 Å². The van der Waals surface area contributed by atoms with Gasteiger partial charge >= 0.3 is 21.1 Å². The molecular formula is C14H23NW. The first-order valence-electron chi connectivity index (χ1n) is 5.58. The molecule has 0 spiro atoms. The summed E-state index contributed by atoms with van der Waals surface area (Å²) in [4.78, 5) is 2.20. The second-order valence-corrected chi connectivity index (χ2v) is 3.44. The van der Waals surface area contributed by atoms with E-state index in [0.29, 0.717) is 0 Å². The largest absolute Gasteiger partial charge is 2.00 e. The summed E-state index contributed by atoms with van der Waals surface area (Å²) >= 11 is 0. The molecule has 0 heterocycles. The minimum atomic E-state index is 0. The smallest absolute Gasteiger partial charge is 0.545 e. The van der Waals surface area contributed by atoms with Crippen LogP contribution in [-0.4, -0.2) is 6.54 Å². The molecule has 16 heavy (non-hydrogen) atoms. The van der Waals surface area contributed by atoms with E-state index in [1.165, 1.54) is 17.3 Å². The van der Waals surface area contributed by atoms with Crippen molar-refractivity contribution in [2.24, 2.45) is 0 Å². The zero-order valence-corrected chi connectivity index (χ0v) is 14.0. The molecule has 0 aromatic heterocycles. The third kappa shape index (κ3) is 5.70. The number of hydrogen-bond acceptors (Lipinski definition) is 1. The summed E-state index contributed by atoms with van der Waals surface area (Å²) in [6.07, 6.45) is 0. The fourth-order valence-electron chi connectivity index (χ4n) is 1.41. The maximum absolute atomic E-state index is 3.92. The van der Waals surface area contributed by atoms with E-state index in [4.69, 9.17) is 0 Å². The summed E-state index contributed by atoms with van der Waals surface area (Å²) in [5.41, 5.74) is 2.52. The van der Waals surface area contributed by atoms with Crippen LogP contribution in [0.15, 0.2) is 24.3 Å². The van der Waals surface area contributed by atoms with Gasteiger partial charge in [0.25, 0.3) is 0 Å². The molecule has 90 valence electrons. The van der Waals surface area contributed by atoms with Crippen LogP contribution in [0.4, 0.5) is 5.69 Å². The normalized spacial score (nSPS) is 8.94. The Bertz CT molecular complexity index is 271. The van der Waals surface area contributed by atoms with Gasteiger partial charge in [-0.1, -0.05) is 26.0 Å². The van der Waals surface area contributed by atoms with Crippen molar-refractivity contribution >= 4 is 5.69 Å². The molecule has 1 rings (SSSR count). The topological polar surface area (TPSA) is 3.24 Å². The molecule has 0 saturated carbocycles. The molecule has 0 aliphatic carbocycles. The van der Waals surface area contributed by atoms with Gasteiger partial charge in [0.2, 0.25) is 0 Å². The Kier molecular flexibility index (Phi) is 11.2. The van der Waals surface area contributed by atoms with Gasteiger partial charge in [-0.3, -0.25) is 0 Å². The molecule has 0 bridgehead atoms. The summed E-state index contributed by atoms with van der Waals surface area (Å²) in [7, 11) is 0. The van der Waals surface area contributed by atoms with Crippen LogP contribution in [-0.2, 0) is 21.1 Å². The van der Waals surface area contributed by atoms with Crippen LogP contribution < -0.4 is 4.90 Å². The van der Waals surface area contributed by atoms with Crippen molar-refractivity contribution in [3.63, 3.8) is 0 Å². The minimum Gasteiger partial charge on any atom is -0.545 e. The van der Waals surface area contributed by atoms with Crippen molar-refractivity contribution < 1.29 is 21.1 Å². The van der Waals surface area contributed by atoms with E-state index < -0.39 is 0 Å². The fourth-order valence-corrected chi connectivity index (χ4v) is 1.41. The predicted molar refractivity (Wildman–Crippen MR) is 69.8 cm³/mol. The molecule has 0 N–H and O–H groups in total. The number of hydrogen-bond donors (Lipinski definition) is 0. The maximum atomic E-state index is 3.92. The zero-order valence-electron chi connectivity index (χ0n) is 11.1. The van der Waals surface area contributed by atoms with Crippen molar-refractivity contribution in [2.75, 3.05) is 11.4 Å². The van der Waals surface area contributed by atoms with Crippen LogP contribution >= 0.6 is 0 Å². The van der Waals surface area contributed by atoms with E-state index >= 15 is 0 Å². The van der Waals surface area contributed by atoms with Crippen LogP contribution in [0, 0.1) is 19.9 Å². The van der Waals surface area contributed by atoms with E-state index in [1.807, 2.05) is 13.8 Å². The number of rotatable bonds is 3. The molecule has 0 amide bonds. The number of aryl methyl sites for hydroxylation is 1. The molecule has 0 fully saturated rings. The van der Waals surface area contributed by atoms with Gasteiger partial charge in [-0.05, 0) is 24.6 Å². The van der Waals surface area contributed by atoms with Crippen LogP contribution in [0.2, 0.25) is 0 Å². The average Bonchev–Trinajstić information content (AvgIpc) is 2.21. The Balaban J connectivity index is 0. The molecule has 1 aromatic carbocycles. The first-order valence-corrected chi connectivity index (χ1v) is 5.58. The van der Waals surface area contributed by atoms with Crippen molar-refractivity contribution in [2.45, 2.75) is 34.6 Å². The monoisotopic (exact) mass is 389 g/mol. The van der Waals surface area contributed by atoms with E-state index in [0.717, 1.165) is 6.54 Å².